The Labute approximate surface area is 126 Å². The van der Waals surface area contributed by atoms with E-state index in [0.29, 0.717) is 13.1 Å². The van der Waals surface area contributed by atoms with Crippen LogP contribution >= 0.6 is 10.7 Å². The third-order valence-electron chi connectivity index (χ3n) is 3.46. The van der Waals surface area contributed by atoms with Crippen molar-refractivity contribution in [3.05, 3.63) is 33.4 Å². The highest BCUT2D eigenvalue weighted by Crippen LogP contribution is 2.29. The maximum atomic E-state index is 12.4. The van der Waals surface area contributed by atoms with E-state index < -0.39 is 30.5 Å². The highest BCUT2D eigenvalue weighted by molar-refractivity contribution is 8.13. The Morgan fingerprint density at radius 3 is 2.38 bits per heavy atom. The van der Waals surface area contributed by atoms with Gasteiger partial charge in [0.25, 0.3) is 20.6 Å². The van der Waals surface area contributed by atoms with E-state index in [2.05, 4.69) is 0 Å². The molecule has 1 fully saturated rings. The second kappa shape index (κ2) is 5.61. The zero-order valence-electron chi connectivity index (χ0n) is 11.2. The minimum atomic E-state index is -4.16. The minimum Gasteiger partial charge on any atom is -0.339 e. The van der Waals surface area contributed by atoms with Gasteiger partial charge < -0.3 is 4.90 Å². The quantitative estimate of drug-likeness (QED) is 0.479. The number of likely N-dealkylation sites (tertiary alicyclic amines) is 1. The lowest BCUT2D eigenvalue weighted by atomic mass is 10.1. The van der Waals surface area contributed by atoms with Crippen LogP contribution in [0.25, 0.3) is 0 Å². The van der Waals surface area contributed by atoms with E-state index in [9.17, 15) is 23.3 Å². The molecular formula is C12H13ClN2O5S. The molecule has 1 aliphatic heterocycles. The van der Waals surface area contributed by atoms with Crippen molar-refractivity contribution in [1.82, 2.24) is 4.90 Å². The summed E-state index contributed by atoms with van der Waals surface area (Å²) in [7, 11) is 1.09. The maximum Gasteiger partial charge on any atom is 0.274 e. The lowest BCUT2D eigenvalue weighted by molar-refractivity contribution is -0.385. The first-order valence-corrected chi connectivity index (χ1v) is 8.55. The number of hydrogen-bond donors (Lipinski definition) is 0. The van der Waals surface area contributed by atoms with Crippen molar-refractivity contribution >= 4 is 31.3 Å². The fourth-order valence-electron chi connectivity index (χ4n) is 2.32. The number of nitro benzene ring substituents is 1. The van der Waals surface area contributed by atoms with Crippen LogP contribution in [0.3, 0.4) is 0 Å². The second-order valence-electron chi connectivity index (χ2n) is 4.81. The third-order valence-corrected chi connectivity index (χ3v) is 4.79. The Bertz CT molecular complexity index is 711. The minimum absolute atomic E-state index is 0.00493. The van der Waals surface area contributed by atoms with Crippen LogP contribution in [-0.4, -0.2) is 37.2 Å². The maximum absolute atomic E-state index is 12.4. The molecule has 1 amide bonds. The molecule has 0 saturated carbocycles. The van der Waals surface area contributed by atoms with Crippen molar-refractivity contribution in [3.8, 4) is 0 Å². The van der Waals surface area contributed by atoms with Crippen molar-refractivity contribution in [1.29, 1.82) is 0 Å². The van der Waals surface area contributed by atoms with Crippen LogP contribution in [-0.2, 0) is 9.05 Å². The van der Waals surface area contributed by atoms with E-state index in [1.807, 2.05) is 0 Å². The molecular weight excluding hydrogens is 320 g/mol. The van der Waals surface area contributed by atoms with Crippen molar-refractivity contribution in [2.45, 2.75) is 24.7 Å². The second-order valence-corrected chi connectivity index (χ2v) is 7.38. The molecule has 0 spiro atoms. The summed E-state index contributed by atoms with van der Waals surface area (Å²) < 4.78 is 22.9. The standard InChI is InChI=1S/C12H13ClN2O5S/c1-8-10(12(16)14-4-2-3-5-14)6-9(21(13,19)20)7-11(8)15(17)18/h6-7H,2-5H2,1H3. The first kappa shape index (κ1) is 15.7. The van der Waals surface area contributed by atoms with Gasteiger partial charge >= 0.3 is 0 Å². The van der Waals surface area contributed by atoms with Crippen LogP contribution in [0.2, 0.25) is 0 Å². The van der Waals surface area contributed by atoms with Crippen molar-refractivity contribution in [3.63, 3.8) is 0 Å². The molecule has 1 aromatic carbocycles. The fraction of sp³-hybridized carbons (Fsp3) is 0.417. The average molecular weight is 333 g/mol. The predicted molar refractivity (Wildman–Crippen MR) is 76.0 cm³/mol. The topological polar surface area (TPSA) is 97.6 Å². The number of halogens is 1. The van der Waals surface area contributed by atoms with Crippen molar-refractivity contribution in [2.75, 3.05) is 13.1 Å². The monoisotopic (exact) mass is 332 g/mol. The predicted octanol–water partition coefficient (Wildman–Crippen LogP) is 2.07. The van der Waals surface area contributed by atoms with Crippen LogP contribution in [0.1, 0.15) is 28.8 Å². The fourth-order valence-corrected chi connectivity index (χ4v) is 3.09. The summed E-state index contributed by atoms with van der Waals surface area (Å²) >= 11 is 0. The highest BCUT2D eigenvalue weighted by Gasteiger charge is 2.28. The molecule has 0 N–H and O–H groups in total. The van der Waals surface area contributed by atoms with E-state index in [4.69, 9.17) is 10.7 Å². The number of carbonyl (C=O) groups is 1. The van der Waals surface area contributed by atoms with Gasteiger partial charge in [0.2, 0.25) is 0 Å². The number of hydrogen-bond acceptors (Lipinski definition) is 5. The largest absolute Gasteiger partial charge is 0.339 e. The van der Waals surface area contributed by atoms with Gasteiger partial charge in [-0.3, -0.25) is 14.9 Å². The molecule has 114 valence electrons. The molecule has 1 heterocycles. The Morgan fingerprint density at radius 2 is 1.90 bits per heavy atom. The lowest BCUT2D eigenvalue weighted by Crippen LogP contribution is -2.28. The smallest absolute Gasteiger partial charge is 0.274 e. The summed E-state index contributed by atoms with van der Waals surface area (Å²) in [5.74, 6) is -0.407. The average Bonchev–Trinajstić information content (AvgIpc) is 2.90. The molecule has 2 rings (SSSR count). The zero-order chi connectivity index (χ0) is 15.8. The van der Waals surface area contributed by atoms with Gasteiger partial charge in [-0.05, 0) is 25.8 Å². The Kier molecular flexibility index (Phi) is 4.20. The molecule has 0 bridgehead atoms. The van der Waals surface area contributed by atoms with Crippen molar-refractivity contribution in [2.24, 2.45) is 0 Å². The summed E-state index contributed by atoms with van der Waals surface area (Å²) in [6.45, 7) is 2.54. The Hall–Kier alpha value is -1.67. The molecule has 0 aliphatic carbocycles. The van der Waals surface area contributed by atoms with Gasteiger partial charge in [-0.25, -0.2) is 8.42 Å². The SMILES string of the molecule is Cc1c(C(=O)N2CCCC2)cc(S(=O)(=O)Cl)cc1[N+](=O)[O-]. The molecule has 21 heavy (non-hydrogen) atoms. The molecule has 0 radical (unpaired) electrons. The normalized spacial score (nSPS) is 15.2. The summed E-state index contributed by atoms with van der Waals surface area (Å²) in [5.41, 5.74) is -0.287. The van der Waals surface area contributed by atoms with Gasteiger partial charge in [0.1, 0.15) is 0 Å². The van der Waals surface area contributed by atoms with Crippen LogP contribution in [0.5, 0.6) is 0 Å². The van der Waals surface area contributed by atoms with Gasteiger partial charge in [0.05, 0.1) is 15.4 Å². The number of nitrogens with zero attached hydrogens (tertiary/aromatic N) is 2. The first-order chi connectivity index (χ1) is 9.71. The van der Waals surface area contributed by atoms with E-state index in [1.165, 1.54) is 6.92 Å². The van der Waals surface area contributed by atoms with Crippen LogP contribution < -0.4 is 0 Å². The van der Waals surface area contributed by atoms with Crippen molar-refractivity contribution < 1.29 is 18.1 Å². The van der Waals surface area contributed by atoms with Crippen LogP contribution in [0.15, 0.2) is 17.0 Å². The summed E-state index contributed by atoms with van der Waals surface area (Å²) in [4.78, 5) is 23.8. The highest BCUT2D eigenvalue weighted by atomic mass is 35.7. The molecule has 0 aromatic heterocycles. The number of amides is 1. The molecule has 0 unspecified atom stereocenters. The molecule has 1 aromatic rings. The third kappa shape index (κ3) is 3.16. The van der Waals surface area contributed by atoms with E-state index in [1.54, 1.807) is 4.90 Å². The molecule has 1 saturated heterocycles. The van der Waals surface area contributed by atoms with Gasteiger partial charge in [-0.2, -0.15) is 0 Å². The van der Waals surface area contributed by atoms with Gasteiger partial charge in [-0.1, -0.05) is 0 Å². The number of benzene rings is 1. The summed E-state index contributed by atoms with van der Waals surface area (Å²) in [6, 6.07) is 1.98. The lowest BCUT2D eigenvalue weighted by Gasteiger charge is -2.17. The molecule has 0 atom stereocenters. The molecule has 7 nitrogen and oxygen atoms in total. The number of rotatable bonds is 3. The summed E-state index contributed by atoms with van der Waals surface area (Å²) in [6.07, 6.45) is 1.72. The van der Waals surface area contributed by atoms with Crippen LogP contribution in [0.4, 0.5) is 5.69 Å². The van der Waals surface area contributed by atoms with Gasteiger partial charge in [-0.15, -0.1) is 0 Å². The van der Waals surface area contributed by atoms with E-state index in [-0.39, 0.29) is 11.1 Å². The molecule has 1 aliphatic rings. The zero-order valence-corrected chi connectivity index (χ0v) is 12.8. The number of carbonyl (C=O) groups excluding carboxylic acids is 1. The van der Waals surface area contributed by atoms with E-state index in [0.717, 1.165) is 25.0 Å². The molecule has 9 heteroatoms. The summed E-state index contributed by atoms with van der Waals surface area (Å²) in [5, 5.41) is 11.0. The van der Waals surface area contributed by atoms with Gasteiger partial charge in [0.15, 0.2) is 0 Å². The number of nitro groups is 1. The van der Waals surface area contributed by atoms with Crippen LogP contribution in [0, 0.1) is 17.0 Å². The Balaban J connectivity index is 2.61. The van der Waals surface area contributed by atoms with E-state index >= 15 is 0 Å². The first-order valence-electron chi connectivity index (χ1n) is 6.25. The van der Waals surface area contributed by atoms with Gasteiger partial charge in [0, 0.05) is 35.4 Å². The Morgan fingerprint density at radius 1 is 1.33 bits per heavy atom.